The molecule has 9 aromatic carbocycles. The van der Waals surface area contributed by atoms with E-state index in [0.29, 0.717) is 17.5 Å². The molecule has 0 saturated carbocycles. The lowest BCUT2D eigenvalue weighted by atomic mass is 10.0. The summed E-state index contributed by atoms with van der Waals surface area (Å²) in [6, 6.07) is 64.0. The molecule has 12 aromatic rings. The number of fused-ring (bicyclic) bond motifs is 11. The number of benzene rings is 9. The Morgan fingerprint density at radius 2 is 0.964 bits per heavy atom. The average molecular weight is 715 g/mol. The molecule has 3 heterocycles. The third-order valence-electron chi connectivity index (χ3n) is 11.2. The maximum absolute atomic E-state index is 6.55. The van der Waals surface area contributed by atoms with Crippen molar-refractivity contribution in [3.05, 3.63) is 182 Å². The van der Waals surface area contributed by atoms with Crippen LogP contribution in [0.5, 0.6) is 0 Å². The Hall–Kier alpha value is -7.63. The first kappa shape index (κ1) is 30.8. The molecule has 0 radical (unpaired) electrons. The van der Waals surface area contributed by atoms with Gasteiger partial charge in [-0.1, -0.05) is 133 Å². The molecule has 0 unspecified atom stereocenters. The number of hydrogen-bond donors (Lipinski definition) is 0. The van der Waals surface area contributed by atoms with Gasteiger partial charge in [-0.3, -0.25) is 0 Å². The molecule has 0 fully saturated rings. The highest BCUT2D eigenvalue weighted by Gasteiger charge is 2.20. The van der Waals surface area contributed by atoms with Gasteiger partial charge in [-0.2, -0.15) is 0 Å². The molecule has 0 atom stereocenters. The summed E-state index contributed by atoms with van der Waals surface area (Å²) in [7, 11) is 0. The van der Waals surface area contributed by atoms with Crippen LogP contribution in [0, 0.1) is 0 Å². The molecule has 12 rings (SSSR count). The standard InChI is InChI=1S/C51H30N4O/c1-3-13-32(14-4-1)49-52-50(33-15-5-2-6-16-33)54-51(53-49)36-23-26-45-42(29-36)47-39-20-11-21-43(38(39)25-27-46(47)56-45)55-44-30-35-18-8-7-17-34(35)28-41(44)40-24-22-31-12-9-10-19-37(31)48(40)55/h1-30H. The van der Waals surface area contributed by atoms with Gasteiger partial charge in [0.15, 0.2) is 17.5 Å². The van der Waals surface area contributed by atoms with Crippen LogP contribution in [0.1, 0.15) is 0 Å². The summed E-state index contributed by atoms with van der Waals surface area (Å²) in [6.07, 6.45) is 0. The Bertz CT molecular complexity index is 3470. The van der Waals surface area contributed by atoms with Crippen molar-refractivity contribution in [2.24, 2.45) is 0 Å². The minimum atomic E-state index is 0.610. The van der Waals surface area contributed by atoms with Gasteiger partial charge in [0, 0.05) is 49.0 Å². The number of aromatic nitrogens is 4. The summed E-state index contributed by atoms with van der Waals surface area (Å²) in [5.74, 6) is 1.88. The summed E-state index contributed by atoms with van der Waals surface area (Å²) in [5, 5.41) is 11.7. The molecular formula is C51H30N4O. The molecule has 3 aromatic heterocycles. The second-order valence-electron chi connectivity index (χ2n) is 14.4. The third kappa shape index (κ3) is 4.64. The van der Waals surface area contributed by atoms with Crippen LogP contribution in [0.2, 0.25) is 0 Å². The summed E-state index contributed by atoms with van der Waals surface area (Å²) in [6.45, 7) is 0. The quantitative estimate of drug-likeness (QED) is 0.182. The molecule has 0 aliphatic heterocycles. The lowest BCUT2D eigenvalue weighted by molar-refractivity contribution is 0.669. The van der Waals surface area contributed by atoms with E-state index in [1.807, 2.05) is 72.8 Å². The van der Waals surface area contributed by atoms with Gasteiger partial charge in [-0.15, -0.1) is 0 Å². The summed E-state index contributed by atoms with van der Waals surface area (Å²) < 4.78 is 9.03. The van der Waals surface area contributed by atoms with Gasteiger partial charge in [-0.05, 0) is 70.1 Å². The normalized spacial score (nSPS) is 11.9. The second kappa shape index (κ2) is 11.9. The molecule has 0 aliphatic carbocycles. The first-order valence-electron chi connectivity index (χ1n) is 18.9. The Morgan fingerprint density at radius 3 is 1.71 bits per heavy atom. The molecule has 56 heavy (non-hydrogen) atoms. The largest absolute Gasteiger partial charge is 0.456 e. The highest BCUT2D eigenvalue weighted by molar-refractivity contribution is 6.24. The van der Waals surface area contributed by atoms with Crippen LogP contribution in [-0.4, -0.2) is 19.5 Å². The molecule has 5 heteroatoms. The maximum Gasteiger partial charge on any atom is 0.164 e. The van der Waals surface area contributed by atoms with Gasteiger partial charge >= 0.3 is 0 Å². The van der Waals surface area contributed by atoms with Crippen molar-refractivity contribution in [2.75, 3.05) is 0 Å². The summed E-state index contributed by atoms with van der Waals surface area (Å²) >= 11 is 0. The zero-order valence-corrected chi connectivity index (χ0v) is 30.0. The van der Waals surface area contributed by atoms with Crippen molar-refractivity contribution in [3.8, 4) is 39.9 Å². The van der Waals surface area contributed by atoms with E-state index >= 15 is 0 Å². The van der Waals surface area contributed by atoms with E-state index < -0.39 is 0 Å². The fourth-order valence-corrected chi connectivity index (χ4v) is 8.60. The zero-order valence-electron chi connectivity index (χ0n) is 30.0. The molecule has 0 saturated heterocycles. The first-order chi connectivity index (χ1) is 27.7. The lowest BCUT2D eigenvalue weighted by Gasteiger charge is -2.14. The van der Waals surface area contributed by atoms with Gasteiger partial charge in [0.2, 0.25) is 0 Å². The van der Waals surface area contributed by atoms with E-state index in [9.17, 15) is 0 Å². The number of furan rings is 1. The van der Waals surface area contributed by atoms with Crippen molar-refractivity contribution in [2.45, 2.75) is 0 Å². The number of hydrogen-bond acceptors (Lipinski definition) is 4. The van der Waals surface area contributed by atoms with Crippen LogP contribution >= 0.6 is 0 Å². The number of nitrogens with zero attached hydrogens (tertiary/aromatic N) is 4. The molecule has 0 amide bonds. The van der Waals surface area contributed by atoms with E-state index in [1.165, 1.54) is 43.4 Å². The van der Waals surface area contributed by atoms with Gasteiger partial charge in [-0.25, -0.2) is 15.0 Å². The Balaban J connectivity index is 1.12. The van der Waals surface area contributed by atoms with Crippen LogP contribution < -0.4 is 0 Å². The van der Waals surface area contributed by atoms with E-state index in [4.69, 9.17) is 19.4 Å². The highest BCUT2D eigenvalue weighted by atomic mass is 16.3. The highest BCUT2D eigenvalue weighted by Crippen LogP contribution is 2.43. The topological polar surface area (TPSA) is 56.7 Å². The molecular weight excluding hydrogens is 685 g/mol. The lowest BCUT2D eigenvalue weighted by Crippen LogP contribution is -2.00. The maximum atomic E-state index is 6.55. The molecule has 0 bridgehead atoms. The Morgan fingerprint density at radius 1 is 0.357 bits per heavy atom. The van der Waals surface area contributed by atoms with Crippen LogP contribution in [-0.2, 0) is 0 Å². The fraction of sp³-hybridized carbons (Fsp3) is 0. The minimum Gasteiger partial charge on any atom is -0.456 e. The van der Waals surface area contributed by atoms with Crippen LogP contribution in [0.25, 0.3) is 116 Å². The van der Waals surface area contributed by atoms with Crippen molar-refractivity contribution in [3.63, 3.8) is 0 Å². The van der Waals surface area contributed by atoms with Gasteiger partial charge < -0.3 is 8.98 Å². The average Bonchev–Trinajstić information content (AvgIpc) is 3.81. The van der Waals surface area contributed by atoms with E-state index in [1.54, 1.807) is 0 Å². The molecule has 260 valence electrons. The summed E-state index contributed by atoms with van der Waals surface area (Å²) in [5.41, 5.74) is 7.94. The van der Waals surface area contributed by atoms with Crippen molar-refractivity contribution in [1.82, 2.24) is 19.5 Å². The smallest absolute Gasteiger partial charge is 0.164 e. The molecule has 0 aliphatic rings. The van der Waals surface area contributed by atoms with Crippen LogP contribution in [0.15, 0.2) is 186 Å². The zero-order chi connectivity index (χ0) is 36.7. The first-order valence-corrected chi connectivity index (χ1v) is 18.9. The molecule has 0 N–H and O–H groups in total. The molecule has 5 nitrogen and oxygen atoms in total. The van der Waals surface area contributed by atoms with Gasteiger partial charge in [0.25, 0.3) is 0 Å². The number of rotatable bonds is 4. The van der Waals surface area contributed by atoms with E-state index in [0.717, 1.165) is 55.1 Å². The second-order valence-corrected chi connectivity index (χ2v) is 14.4. The molecule has 0 spiro atoms. The van der Waals surface area contributed by atoms with E-state index in [2.05, 4.69) is 114 Å². The predicted octanol–water partition coefficient (Wildman–Crippen LogP) is 13.3. The monoisotopic (exact) mass is 714 g/mol. The van der Waals surface area contributed by atoms with Crippen molar-refractivity contribution >= 4 is 76.1 Å². The Kier molecular flexibility index (Phi) is 6.56. The van der Waals surface area contributed by atoms with Crippen LogP contribution in [0.4, 0.5) is 0 Å². The van der Waals surface area contributed by atoms with Gasteiger partial charge in [0.1, 0.15) is 11.2 Å². The van der Waals surface area contributed by atoms with Gasteiger partial charge in [0.05, 0.1) is 16.7 Å². The third-order valence-corrected chi connectivity index (χ3v) is 11.2. The van der Waals surface area contributed by atoms with Crippen molar-refractivity contribution < 1.29 is 4.42 Å². The minimum absolute atomic E-state index is 0.610. The van der Waals surface area contributed by atoms with Crippen LogP contribution in [0.3, 0.4) is 0 Å². The predicted molar refractivity (Wildman–Crippen MR) is 230 cm³/mol. The fourth-order valence-electron chi connectivity index (χ4n) is 8.60. The van der Waals surface area contributed by atoms with E-state index in [-0.39, 0.29) is 0 Å². The summed E-state index contributed by atoms with van der Waals surface area (Å²) in [4.78, 5) is 15.0. The SMILES string of the molecule is c1ccc(-c2nc(-c3ccccc3)nc(-c3ccc4oc5ccc6c(-n7c8cc9ccccc9cc8c8ccc9ccccc9c87)cccc6c5c4c3)n2)cc1. The van der Waals surface area contributed by atoms with Crippen molar-refractivity contribution in [1.29, 1.82) is 0 Å². The Labute approximate surface area is 320 Å².